The van der Waals surface area contributed by atoms with E-state index in [0.717, 1.165) is 13.1 Å². The summed E-state index contributed by atoms with van der Waals surface area (Å²) in [7, 11) is 0. The summed E-state index contributed by atoms with van der Waals surface area (Å²) < 4.78 is 4.93. The van der Waals surface area contributed by atoms with Crippen molar-refractivity contribution in [2.75, 3.05) is 18.0 Å². The molecular weight excluding hydrogens is 182 g/mol. The molecule has 1 fully saturated rings. The van der Waals surface area contributed by atoms with E-state index in [4.69, 9.17) is 4.52 Å². The SMILES string of the molecule is C[C@H](O)c1nc(N2CCCCC2)no1. The molecule has 0 radical (unpaired) electrons. The zero-order chi connectivity index (χ0) is 9.97. The highest BCUT2D eigenvalue weighted by Crippen LogP contribution is 2.18. The minimum absolute atomic E-state index is 0.297. The Bertz CT molecular complexity index is 292. The first-order valence-corrected chi connectivity index (χ1v) is 5.04. The van der Waals surface area contributed by atoms with E-state index in [2.05, 4.69) is 15.0 Å². The van der Waals surface area contributed by atoms with Gasteiger partial charge >= 0.3 is 0 Å². The van der Waals surface area contributed by atoms with Crippen molar-refractivity contribution in [1.29, 1.82) is 0 Å². The van der Waals surface area contributed by atoms with Crippen LogP contribution in [0.1, 0.15) is 38.2 Å². The average Bonchev–Trinajstić information content (AvgIpc) is 2.68. The van der Waals surface area contributed by atoms with Gasteiger partial charge in [0.2, 0.25) is 0 Å². The fourth-order valence-corrected chi connectivity index (χ4v) is 1.62. The number of hydrogen-bond donors (Lipinski definition) is 1. The molecule has 1 saturated heterocycles. The fourth-order valence-electron chi connectivity index (χ4n) is 1.62. The molecule has 0 aromatic carbocycles. The van der Waals surface area contributed by atoms with Gasteiger partial charge in [0.15, 0.2) is 0 Å². The maximum Gasteiger partial charge on any atom is 0.266 e. The summed E-state index contributed by atoms with van der Waals surface area (Å²) in [6.07, 6.45) is 2.95. The quantitative estimate of drug-likeness (QED) is 0.769. The molecule has 0 aliphatic carbocycles. The second-order valence-electron chi connectivity index (χ2n) is 3.66. The van der Waals surface area contributed by atoms with E-state index in [1.807, 2.05) is 0 Å². The topological polar surface area (TPSA) is 62.4 Å². The number of rotatable bonds is 2. The highest BCUT2D eigenvalue weighted by atomic mass is 16.5. The number of aliphatic hydroxyl groups excluding tert-OH is 1. The van der Waals surface area contributed by atoms with Gasteiger partial charge in [-0.2, -0.15) is 4.98 Å². The number of aliphatic hydroxyl groups is 1. The molecule has 0 amide bonds. The highest BCUT2D eigenvalue weighted by molar-refractivity contribution is 5.28. The third kappa shape index (κ3) is 1.87. The van der Waals surface area contributed by atoms with Crippen molar-refractivity contribution in [2.24, 2.45) is 0 Å². The normalized spacial score (nSPS) is 19.7. The lowest BCUT2D eigenvalue weighted by Crippen LogP contribution is -2.30. The molecule has 0 unspecified atom stereocenters. The predicted molar refractivity (Wildman–Crippen MR) is 51.0 cm³/mol. The number of anilines is 1. The Morgan fingerprint density at radius 2 is 2.07 bits per heavy atom. The van der Waals surface area contributed by atoms with Crippen LogP contribution in [0.5, 0.6) is 0 Å². The fraction of sp³-hybridized carbons (Fsp3) is 0.778. The molecule has 14 heavy (non-hydrogen) atoms. The van der Waals surface area contributed by atoms with Crippen molar-refractivity contribution in [2.45, 2.75) is 32.3 Å². The highest BCUT2D eigenvalue weighted by Gasteiger charge is 2.18. The molecule has 0 bridgehead atoms. The number of piperidine rings is 1. The first-order valence-electron chi connectivity index (χ1n) is 5.04. The largest absolute Gasteiger partial charge is 0.384 e. The summed E-state index contributed by atoms with van der Waals surface area (Å²) in [4.78, 5) is 6.23. The lowest BCUT2D eigenvalue weighted by Gasteiger charge is -2.24. The summed E-state index contributed by atoms with van der Waals surface area (Å²) >= 11 is 0. The number of aromatic nitrogens is 2. The molecule has 1 aliphatic heterocycles. The van der Waals surface area contributed by atoms with Gasteiger partial charge in [0.1, 0.15) is 6.10 Å². The van der Waals surface area contributed by atoms with E-state index < -0.39 is 6.10 Å². The van der Waals surface area contributed by atoms with Crippen LogP contribution in [0.3, 0.4) is 0 Å². The zero-order valence-corrected chi connectivity index (χ0v) is 8.31. The Morgan fingerprint density at radius 3 is 2.64 bits per heavy atom. The zero-order valence-electron chi connectivity index (χ0n) is 8.31. The van der Waals surface area contributed by atoms with Gasteiger partial charge in [0.25, 0.3) is 11.8 Å². The van der Waals surface area contributed by atoms with Crippen LogP contribution in [0.2, 0.25) is 0 Å². The molecule has 1 N–H and O–H groups in total. The summed E-state index contributed by atoms with van der Waals surface area (Å²) in [6.45, 7) is 3.59. The van der Waals surface area contributed by atoms with E-state index in [1.165, 1.54) is 19.3 Å². The molecule has 1 aliphatic rings. The third-order valence-electron chi connectivity index (χ3n) is 2.43. The summed E-state index contributed by atoms with van der Waals surface area (Å²) in [5.74, 6) is 0.908. The lowest BCUT2D eigenvalue weighted by molar-refractivity contribution is 0.152. The molecule has 1 atom stereocenters. The first-order chi connectivity index (χ1) is 6.77. The molecule has 5 nitrogen and oxygen atoms in total. The minimum Gasteiger partial charge on any atom is -0.384 e. The maximum atomic E-state index is 9.22. The van der Waals surface area contributed by atoms with Crippen molar-refractivity contribution in [3.8, 4) is 0 Å². The molecule has 2 heterocycles. The maximum absolute atomic E-state index is 9.22. The summed E-state index contributed by atoms with van der Waals surface area (Å²) in [5, 5.41) is 13.1. The third-order valence-corrected chi connectivity index (χ3v) is 2.43. The molecule has 2 rings (SSSR count). The molecule has 1 aromatic rings. The Balaban J connectivity index is 2.07. The van der Waals surface area contributed by atoms with Crippen molar-refractivity contribution >= 4 is 5.95 Å². The second-order valence-corrected chi connectivity index (χ2v) is 3.66. The van der Waals surface area contributed by atoms with Gasteiger partial charge in [-0.05, 0) is 31.3 Å². The van der Waals surface area contributed by atoms with E-state index in [0.29, 0.717) is 11.8 Å². The van der Waals surface area contributed by atoms with E-state index >= 15 is 0 Å². The van der Waals surface area contributed by atoms with Crippen LogP contribution in [0.4, 0.5) is 5.95 Å². The van der Waals surface area contributed by atoms with Gasteiger partial charge in [0.05, 0.1) is 0 Å². The van der Waals surface area contributed by atoms with Crippen LogP contribution in [-0.4, -0.2) is 28.3 Å². The Kier molecular flexibility index (Phi) is 2.67. The van der Waals surface area contributed by atoms with Crippen molar-refractivity contribution < 1.29 is 9.63 Å². The van der Waals surface area contributed by atoms with Crippen LogP contribution in [0, 0.1) is 0 Å². The standard InChI is InChI=1S/C9H15N3O2/c1-7(13)8-10-9(11-14-8)12-5-3-2-4-6-12/h7,13H,2-6H2,1H3/t7-/m0/s1. The van der Waals surface area contributed by atoms with E-state index in [-0.39, 0.29) is 0 Å². The predicted octanol–water partition coefficient (Wildman–Crippen LogP) is 1.11. The summed E-state index contributed by atoms with van der Waals surface area (Å²) in [5.41, 5.74) is 0. The van der Waals surface area contributed by atoms with Crippen molar-refractivity contribution in [3.63, 3.8) is 0 Å². The molecule has 78 valence electrons. The molecule has 1 aromatic heterocycles. The van der Waals surface area contributed by atoms with Crippen LogP contribution in [0.15, 0.2) is 4.52 Å². The Hall–Kier alpha value is -1.10. The van der Waals surface area contributed by atoms with E-state index in [9.17, 15) is 5.11 Å². The van der Waals surface area contributed by atoms with Crippen LogP contribution in [0.25, 0.3) is 0 Å². The monoisotopic (exact) mass is 197 g/mol. The van der Waals surface area contributed by atoms with E-state index in [1.54, 1.807) is 6.92 Å². The van der Waals surface area contributed by atoms with Crippen LogP contribution < -0.4 is 4.90 Å². The van der Waals surface area contributed by atoms with Crippen molar-refractivity contribution in [3.05, 3.63) is 5.89 Å². The van der Waals surface area contributed by atoms with Gasteiger partial charge in [-0.25, -0.2) is 0 Å². The van der Waals surface area contributed by atoms with Gasteiger partial charge in [-0.15, -0.1) is 0 Å². The average molecular weight is 197 g/mol. The van der Waals surface area contributed by atoms with Crippen LogP contribution in [-0.2, 0) is 0 Å². The van der Waals surface area contributed by atoms with Gasteiger partial charge in [0, 0.05) is 13.1 Å². The molecular formula is C9H15N3O2. The molecule has 0 saturated carbocycles. The first kappa shape index (κ1) is 9.45. The van der Waals surface area contributed by atoms with Gasteiger partial charge in [-0.3, -0.25) is 0 Å². The lowest BCUT2D eigenvalue weighted by atomic mass is 10.1. The van der Waals surface area contributed by atoms with Crippen molar-refractivity contribution in [1.82, 2.24) is 10.1 Å². The second kappa shape index (κ2) is 3.96. The Labute approximate surface area is 82.7 Å². The number of nitrogens with zero attached hydrogens (tertiary/aromatic N) is 3. The molecule has 5 heteroatoms. The minimum atomic E-state index is -0.680. The number of hydrogen-bond acceptors (Lipinski definition) is 5. The smallest absolute Gasteiger partial charge is 0.266 e. The van der Waals surface area contributed by atoms with Gasteiger partial charge in [-0.1, -0.05) is 0 Å². The molecule has 0 spiro atoms. The van der Waals surface area contributed by atoms with Gasteiger partial charge < -0.3 is 14.5 Å². The Morgan fingerprint density at radius 1 is 1.36 bits per heavy atom. The van der Waals surface area contributed by atoms with Crippen LogP contribution >= 0.6 is 0 Å². The summed E-state index contributed by atoms with van der Waals surface area (Å²) in [6, 6.07) is 0.